The van der Waals surface area contributed by atoms with Crippen LogP contribution in [0.3, 0.4) is 0 Å². The van der Waals surface area contributed by atoms with Crippen molar-refractivity contribution < 1.29 is 0 Å². The number of hydrogen-bond donors (Lipinski definition) is 1. The number of nitrogens with zero attached hydrogens (tertiary/aromatic N) is 3. The van der Waals surface area contributed by atoms with Crippen LogP contribution in [0.5, 0.6) is 0 Å². The maximum Gasteiger partial charge on any atom is 0.0713 e. The van der Waals surface area contributed by atoms with Gasteiger partial charge in [0.15, 0.2) is 0 Å². The molecule has 1 N–H and O–H groups in total. The zero-order chi connectivity index (χ0) is 10.3. The van der Waals surface area contributed by atoms with Crippen molar-refractivity contribution in [2.75, 3.05) is 20.1 Å². The summed E-state index contributed by atoms with van der Waals surface area (Å²) in [6.07, 6.45) is 6.75. The van der Waals surface area contributed by atoms with E-state index >= 15 is 0 Å². The minimum Gasteiger partial charge on any atom is -0.306 e. The summed E-state index contributed by atoms with van der Waals surface area (Å²) in [5, 5.41) is 8.21. The van der Waals surface area contributed by atoms with Crippen molar-refractivity contribution in [1.82, 2.24) is 20.1 Å². The van der Waals surface area contributed by atoms with E-state index in [1.807, 2.05) is 18.6 Å². The predicted molar refractivity (Wildman–Crippen MR) is 58.6 cm³/mol. The van der Waals surface area contributed by atoms with Gasteiger partial charge in [-0.3, -0.25) is 10.1 Å². The number of hydrogen-bond acceptors (Lipinski definition) is 3. The van der Waals surface area contributed by atoms with Gasteiger partial charge in [-0.05, 0) is 24.9 Å². The SMILES string of the molecule is CN1CC(Cc2cncc3cn[nH]c23)C1. The van der Waals surface area contributed by atoms with Gasteiger partial charge in [-0.2, -0.15) is 5.10 Å². The molecule has 2 aromatic rings. The highest BCUT2D eigenvalue weighted by Gasteiger charge is 2.23. The Hall–Kier alpha value is -1.42. The molecule has 0 bridgehead atoms. The third-order valence-corrected chi connectivity index (χ3v) is 3.08. The first-order valence-corrected chi connectivity index (χ1v) is 5.27. The lowest BCUT2D eigenvalue weighted by Crippen LogP contribution is -2.44. The van der Waals surface area contributed by atoms with Gasteiger partial charge in [0.1, 0.15) is 0 Å². The first kappa shape index (κ1) is 8.85. The fourth-order valence-electron chi connectivity index (χ4n) is 2.35. The Kier molecular flexibility index (Phi) is 1.95. The molecule has 15 heavy (non-hydrogen) atoms. The van der Waals surface area contributed by atoms with Gasteiger partial charge in [0.25, 0.3) is 0 Å². The van der Waals surface area contributed by atoms with Crippen LogP contribution in [-0.2, 0) is 6.42 Å². The quantitative estimate of drug-likeness (QED) is 0.792. The molecule has 3 heterocycles. The maximum absolute atomic E-state index is 4.24. The summed E-state index contributed by atoms with van der Waals surface area (Å²) in [4.78, 5) is 6.58. The molecule has 0 spiro atoms. The van der Waals surface area contributed by atoms with Crippen molar-refractivity contribution in [3.05, 3.63) is 24.2 Å². The highest BCUT2D eigenvalue weighted by molar-refractivity contribution is 5.79. The largest absolute Gasteiger partial charge is 0.306 e. The van der Waals surface area contributed by atoms with Gasteiger partial charge in [-0.15, -0.1) is 0 Å². The van der Waals surface area contributed by atoms with Crippen molar-refractivity contribution in [2.24, 2.45) is 5.92 Å². The standard InChI is InChI=1S/C11H14N4/c1-15-6-8(7-15)2-9-3-12-4-10-5-13-14-11(9)10/h3-5,8H,2,6-7H2,1H3,(H,13,14). The van der Waals surface area contributed by atoms with Gasteiger partial charge >= 0.3 is 0 Å². The summed E-state index contributed by atoms with van der Waals surface area (Å²) in [5.74, 6) is 0.783. The van der Waals surface area contributed by atoms with Gasteiger partial charge in [0, 0.05) is 30.9 Å². The summed E-state index contributed by atoms with van der Waals surface area (Å²) in [5.41, 5.74) is 2.45. The van der Waals surface area contributed by atoms with Gasteiger partial charge in [-0.25, -0.2) is 0 Å². The number of nitrogens with one attached hydrogen (secondary N) is 1. The summed E-state index contributed by atoms with van der Waals surface area (Å²) in [7, 11) is 2.16. The molecule has 0 atom stereocenters. The lowest BCUT2D eigenvalue weighted by atomic mass is 9.93. The van der Waals surface area contributed by atoms with Crippen molar-refractivity contribution in [2.45, 2.75) is 6.42 Å². The summed E-state index contributed by atoms with van der Waals surface area (Å²) >= 11 is 0. The van der Waals surface area contributed by atoms with E-state index in [4.69, 9.17) is 0 Å². The number of H-pyrrole nitrogens is 1. The van der Waals surface area contributed by atoms with Crippen LogP contribution in [-0.4, -0.2) is 40.2 Å². The topological polar surface area (TPSA) is 44.8 Å². The van der Waals surface area contributed by atoms with E-state index in [2.05, 4.69) is 27.1 Å². The minimum absolute atomic E-state index is 0.783. The molecule has 4 heteroatoms. The highest BCUT2D eigenvalue weighted by atomic mass is 15.2. The van der Waals surface area contributed by atoms with Gasteiger partial charge in [0.2, 0.25) is 0 Å². The highest BCUT2D eigenvalue weighted by Crippen LogP contribution is 2.22. The molecule has 1 fully saturated rings. The molecule has 1 aliphatic rings. The smallest absolute Gasteiger partial charge is 0.0713 e. The van der Waals surface area contributed by atoms with E-state index in [1.165, 1.54) is 18.7 Å². The van der Waals surface area contributed by atoms with Crippen molar-refractivity contribution in [3.63, 3.8) is 0 Å². The predicted octanol–water partition coefficient (Wildman–Crippen LogP) is 1.06. The van der Waals surface area contributed by atoms with Crippen LogP contribution in [0.15, 0.2) is 18.6 Å². The molecule has 0 saturated carbocycles. The Morgan fingerprint density at radius 1 is 1.40 bits per heavy atom. The molecule has 0 aliphatic carbocycles. The number of fused-ring (bicyclic) bond motifs is 1. The number of pyridine rings is 1. The fourth-order valence-corrected chi connectivity index (χ4v) is 2.35. The third kappa shape index (κ3) is 1.51. The van der Waals surface area contributed by atoms with Crippen LogP contribution in [0.4, 0.5) is 0 Å². The maximum atomic E-state index is 4.24. The number of aromatic nitrogens is 3. The molecule has 0 radical (unpaired) electrons. The van der Waals surface area contributed by atoms with Gasteiger partial charge < -0.3 is 4.90 Å². The monoisotopic (exact) mass is 202 g/mol. The molecular weight excluding hydrogens is 188 g/mol. The lowest BCUT2D eigenvalue weighted by molar-refractivity contribution is 0.135. The van der Waals surface area contributed by atoms with Crippen LogP contribution >= 0.6 is 0 Å². The van der Waals surface area contributed by atoms with E-state index in [-0.39, 0.29) is 0 Å². The van der Waals surface area contributed by atoms with Crippen LogP contribution in [0.2, 0.25) is 0 Å². The minimum atomic E-state index is 0.783. The summed E-state index contributed by atoms with van der Waals surface area (Å²) in [6.45, 7) is 2.40. The number of likely N-dealkylation sites (tertiary alicyclic amines) is 1. The second-order valence-corrected chi connectivity index (χ2v) is 4.42. The summed E-state index contributed by atoms with van der Waals surface area (Å²) < 4.78 is 0. The number of aromatic amines is 1. The van der Waals surface area contributed by atoms with E-state index in [1.54, 1.807) is 0 Å². The molecule has 3 rings (SSSR count). The van der Waals surface area contributed by atoms with Crippen molar-refractivity contribution >= 4 is 10.9 Å². The Bertz CT molecular complexity index is 470. The second kappa shape index (κ2) is 3.31. The second-order valence-electron chi connectivity index (χ2n) is 4.42. The summed E-state index contributed by atoms with van der Waals surface area (Å²) in [6, 6.07) is 0. The fraction of sp³-hybridized carbons (Fsp3) is 0.455. The first-order chi connectivity index (χ1) is 7.33. The van der Waals surface area contributed by atoms with E-state index in [0.717, 1.165) is 23.2 Å². The van der Waals surface area contributed by atoms with Crippen molar-refractivity contribution in [1.29, 1.82) is 0 Å². The Morgan fingerprint density at radius 2 is 2.27 bits per heavy atom. The molecule has 2 aromatic heterocycles. The normalized spacial score (nSPS) is 18.2. The van der Waals surface area contributed by atoms with Crippen LogP contribution in [0.1, 0.15) is 5.56 Å². The van der Waals surface area contributed by atoms with E-state index in [9.17, 15) is 0 Å². The molecule has 0 unspecified atom stereocenters. The molecule has 1 saturated heterocycles. The zero-order valence-corrected chi connectivity index (χ0v) is 8.77. The van der Waals surface area contributed by atoms with Crippen LogP contribution in [0.25, 0.3) is 10.9 Å². The van der Waals surface area contributed by atoms with E-state index < -0.39 is 0 Å². The Labute approximate surface area is 88.3 Å². The molecule has 0 amide bonds. The van der Waals surface area contributed by atoms with E-state index in [0.29, 0.717) is 0 Å². The number of rotatable bonds is 2. The van der Waals surface area contributed by atoms with Crippen molar-refractivity contribution in [3.8, 4) is 0 Å². The molecule has 4 nitrogen and oxygen atoms in total. The average Bonchev–Trinajstić information content (AvgIpc) is 2.64. The van der Waals surface area contributed by atoms with Gasteiger partial charge in [-0.1, -0.05) is 0 Å². The third-order valence-electron chi connectivity index (χ3n) is 3.08. The lowest BCUT2D eigenvalue weighted by Gasteiger charge is -2.36. The van der Waals surface area contributed by atoms with Gasteiger partial charge in [0.05, 0.1) is 11.7 Å². The molecular formula is C11H14N4. The zero-order valence-electron chi connectivity index (χ0n) is 8.77. The Morgan fingerprint density at radius 3 is 3.07 bits per heavy atom. The molecule has 78 valence electrons. The Balaban J connectivity index is 1.87. The first-order valence-electron chi connectivity index (χ1n) is 5.27. The average molecular weight is 202 g/mol. The molecule has 1 aliphatic heterocycles. The molecule has 0 aromatic carbocycles. The van der Waals surface area contributed by atoms with Crippen LogP contribution < -0.4 is 0 Å². The van der Waals surface area contributed by atoms with Crippen LogP contribution in [0, 0.1) is 5.92 Å².